The second-order valence-electron chi connectivity index (χ2n) is 7.83. The number of fused-ring (bicyclic) bond motifs is 1. The monoisotopic (exact) mass is 418 g/mol. The number of rotatable bonds is 4. The van der Waals surface area contributed by atoms with Crippen molar-refractivity contribution in [2.45, 2.75) is 39.0 Å². The van der Waals surface area contributed by atoms with Gasteiger partial charge < -0.3 is 9.42 Å². The average Bonchev–Trinajstić information content (AvgIpc) is 3.42. The smallest absolute Gasteiger partial charge is 0.252 e. The molecule has 5 heterocycles. The van der Waals surface area contributed by atoms with Crippen LogP contribution in [0.25, 0.3) is 17.2 Å². The molecule has 158 valence electrons. The van der Waals surface area contributed by atoms with E-state index in [2.05, 4.69) is 30.2 Å². The molecular formula is C21H22N8O2. The summed E-state index contributed by atoms with van der Waals surface area (Å²) in [7, 11) is 0. The van der Waals surface area contributed by atoms with Gasteiger partial charge in [-0.15, -0.1) is 5.10 Å². The van der Waals surface area contributed by atoms with Crippen LogP contribution < -0.4 is 0 Å². The Kier molecular flexibility index (Phi) is 4.89. The van der Waals surface area contributed by atoms with Gasteiger partial charge in [0.1, 0.15) is 0 Å². The van der Waals surface area contributed by atoms with Crippen molar-refractivity contribution in [1.82, 2.24) is 39.6 Å². The molecule has 0 bridgehead atoms. The summed E-state index contributed by atoms with van der Waals surface area (Å²) in [6, 6.07) is 5.66. The third-order valence-corrected chi connectivity index (χ3v) is 5.46. The van der Waals surface area contributed by atoms with E-state index in [-0.39, 0.29) is 18.2 Å². The zero-order chi connectivity index (χ0) is 21.4. The first kappa shape index (κ1) is 19.3. The van der Waals surface area contributed by atoms with E-state index in [0.717, 1.165) is 29.8 Å². The highest BCUT2D eigenvalue weighted by molar-refractivity contribution is 5.78. The Labute approximate surface area is 178 Å². The first-order chi connectivity index (χ1) is 15.1. The number of nitrogens with zero attached hydrogens (tertiary/aromatic N) is 8. The van der Waals surface area contributed by atoms with Gasteiger partial charge in [-0.25, -0.2) is 9.50 Å². The maximum atomic E-state index is 12.9. The molecule has 0 N–H and O–H groups in total. The van der Waals surface area contributed by atoms with Crippen LogP contribution in [0.15, 0.2) is 35.1 Å². The van der Waals surface area contributed by atoms with Crippen LogP contribution >= 0.6 is 0 Å². The molecule has 31 heavy (non-hydrogen) atoms. The van der Waals surface area contributed by atoms with E-state index < -0.39 is 0 Å². The van der Waals surface area contributed by atoms with Crippen LogP contribution in [-0.2, 0) is 11.2 Å². The average molecular weight is 418 g/mol. The fourth-order valence-electron chi connectivity index (χ4n) is 3.95. The summed E-state index contributed by atoms with van der Waals surface area (Å²) < 4.78 is 7.18. The fourth-order valence-corrected chi connectivity index (χ4v) is 3.95. The number of carbonyl (C=O) groups is 1. The van der Waals surface area contributed by atoms with Crippen LogP contribution in [0, 0.1) is 13.8 Å². The highest BCUT2D eigenvalue weighted by Gasteiger charge is 2.29. The third-order valence-electron chi connectivity index (χ3n) is 5.46. The molecule has 10 nitrogen and oxygen atoms in total. The van der Waals surface area contributed by atoms with Gasteiger partial charge in [0, 0.05) is 42.4 Å². The molecule has 0 saturated carbocycles. The van der Waals surface area contributed by atoms with Crippen molar-refractivity contribution in [1.29, 1.82) is 0 Å². The molecule has 0 radical (unpaired) electrons. The highest BCUT2D eigenvalue weighted by Crippen LogP contribution is 2.27. The third kappa shape index (κ3) is 3.88. The molecule has 0 aromatic carbocycles. The van der Waals surface area contributed by atoms with Crippen molar-refractivity contribution in [3.63, 3.8) is 0 Å². The van der Waals surface area contributed by atoms with E-state index in [0.29, 0.717) is 36.4 Å². The Morgan fingerprint density at radius 1 is 1.26 bits per heavy atom. The van der Waals surface area contributed by atoms with E-state index in [4.69, 9.17) is 4.52 Å². The van der Waals surface area contributed by atoms with Crippen molar-refractivity contribution < 1.29 is 9.32 Å². The standard InChI is InChI=1S/C21H22N8O2/c1-13-9-14(2)29-21(23-13)24-17(26-29)10-18(30)28-8-4-6-16(12-28)20-25-19(27-31-20)15-5-3-7-22-11-15/h3,5,7,9,11,16H,4,6,8,10,12H2,1-2H3/t16-/m0/s1. The number of hydrogen-bond donors (Lipinski definition) is 0. The number of piperidine rings is 1. The van der Waals surface area contributed by atoms with Gasteiger partial charge >= 0.3 is 0 Å². The molecule has 0 aliphatic carbocycles. The maximum absolute atomic E-state index is 12.9. The van der Waals surface area contributed by atoms with Gasteiger partial charge in [-0.1, -0.05) is 5.16 Å². The Hall–Kier alpha value is -3.69. The molecule has 4 aromatic heterocycles. The van der Waals surface area contributed by atoms with E-state index >= 15 is 0 Å². The van der Waals surface area contributed by atoms with Gasteiger partial charge in [-0.2, -0.15) is 9.97 Å². The zero-order valence-corrected chi connectivity index (χ0v) is 17.4. The largest absolute Gasteiger partial charge is 0.342 e. The number of hydrogen-bond acceptors (Lipinski definition) is 8. The molecule has 1 fully saturated rings. The van der Waals surface area contributed by atoms with Gasteiger partial charge in [0.05, 0.1) is 12.3 Å². The second kappa shape index (κ2) is 7.86. The molecule has 1 saturated heterocycles. The number of aromatic nitrogens is 7. The Morgan fingerprint density at radius 3 is 3.00 bits per heavy atom. The number of carbonyl (C=O) groups excluding carboxylic acids is 1. The molecule has 10 heteroatoms. The maximum Gasteiger partial charge on any atom is 0.252 e. The molecule has 1 amide bonds. The number of amides is 1. The molecule has 4 aromatic rings. The topological polar surface area (TPSA) is 115 Å². The Bertz CT molecular complexity index is 1230. The minimum absolute atomic E-state index is 0.0104. The Morgan fingerprint density at radius 2 is 2.16 bits per heavy atom. The van der Waals surface area contributed by atoms with Crippen molar-refractivity contribution in [2.24, 2.45) is 0 Å². The van der Waals surface area contributed by atoms with Crippen molar-refractivity contribution in [3.05, 3.63) is 53.7 Å². The first-order valence-electron chi connectivity index (χ1n) is 10.3. The summed E-state index contributed by atoms with van der Waals surface area (Å²) in [5.41, 5.74) is 2.62. The highest BCUT2D eigenvalue weighted by atomic mass is 16.5. The van der Waals surface area contributed by atoms with Gasteiger partial charge in [-0.3, -0.25) is 9.78 Å². The van der Waals surface area contributed by atoms with Crippen LogP contribution in [0.3, 0.4) is 0 Å². The molecule has 1 atom stereocenters. The first-order valence-corrected chi connectivity index (χ1v) is 10.3. The fraction of sp³-hybridized carbons (Fsp3) is 0.381. The van der Waals surface area contributed by atoms with Crippen LogP contribution in [0.4, 0.5) is 0 Å². The van der Waals surface area contributed by atoms with Crippen molar-refractivity contribution in [3.8, 4) is 11.4 Å². The zero-order valence-electron chi connectivity index (χ0n) is 17.4. The van der Waals surface area contributed by atoms with E-state index in [9.17, 15) is 4.79 Å². The number of aryl methyl sites for hydroxylation is 2. The van der Waals surface area contributed by atoms with Crippen molar-refractivity contribution >= 4 is 11.7 Å². The second-order valence-corrected chi connectivity index (χ2v) is 7.83. The molecule has 5 rings (SSSR count). The number of likely N-dealkylation sites (tertiary alicyclic amines) is 1. The lowest BCUT2D eigenvalue weighted by Crippen LogP contribution is -2.40. The quantitative estimate of drug-likeness (QED) is 0.495. The van der Waals surface area contributed by atoms with E-state index in [1.54, 1.807) is 16.9 Å². The van der Waals surface area contributed by atoms with Crippen LogP contribution in [-0.4, -0.2) is 58.6 Å². The van der Waals surface area contributed by atoms with Gasteiger partial charge in [-0.05, 0) is 44.9 Å². The van der Waals surface area contributed by atoms with E-state index in [1.165, 1.54) is 0 Å². The minimum Gasteiger partial charge on any atom is -0.342 e. The van der Waals surface area contributed by atoms with E-state index in [1.807, 2.05) is 36.9 Å². The summed E-state index contributed by atoms with van der Waals surface area (Å²) in [5.74, 6) is 2.06. The summed E-state index contributed by atoms with van der Waals surface area (Å²) in [6.45, 7) is 5.10. The molecule has 0 unspecified atom stereocenters. The lowest BCUT2D eigenvalue weighted by atomic mass is 9.97. The SMILES string of the molecule is Cc1cc(C)n2nc(CC(=O)N3CCC[C@H](c4nc(-c5cccnc5)no4)C3)nc2n1. The minimum atomic E-state index is -0.0121. The number of pyridine rings is 1. The molecule has 1 aliphatic rings. The van der Waals surface area contributed by atoms with Gasteiger partial charge in [0.25, 0.3) is 5.78 Å². The van der Waals surface area contributed by atoms with Gasteiger partial charge in [0.2, 0.25) is 17.6 Å². The Balaban J connectivity index is 1.29. The van der Waals surface area contributed by atoms with Crippen LogP contribution in [0.5, 0.6) is 0 Å². The van der Waals surface area contributed by atoms with Crippen LogP contribution in [0.1, 0.15) is 41.9 Å². The summed E-state index contributed by atoms with van der Waals surface area (Å²) >= 11 is 0. The predicted molar refractivity (Wildman–Crippen MR) is 110 cm³/mol. The molecular weight excluding hydrogens is 396 g/mol. The molecule has 1 aliphatic heterocycles. The van der Waals surface area contributed by atoms with Crippen molar-refractivity contribution in [2.75, 3.05) is 13.1 Å². The van der Waals surface area contributed by atoms with Gasteiger partial charge in [0.15, 0.2) is 5.82 Å². The normalized spacial score (nSPS) is 16.7. The molecule has 0 spiro atoms. The van der Waals surface area contributed by atoms with Crippen LogP contribution in [0.2, 0.25) is 0 Å². The lowest BCUT2D eigenvalue weighted by molar-refractivity contribution is -0.131. The summed E-state index contributed by atoms with van der Waals surface area (Å²) in [6.07, 6.45) is 5.31. The summed E-state index contributed by atoms with van der Waals surface area (Å²) in [4.78, 5) is 32.2. The summed E-state index contributed by atoms with van der Waals surface area (Å²) in [5, 5.41) is 8.53. The predicted octanol–water partition coefficient (Wildman–Crippen LogP) is 2.13. The lowest BCUT2D eigenvalue weighted by Gasteiger charge is -2.30.